The Balaban J connectivity index is 1.84. The highest BCUT2D eigenvalue weighted by atomic mass is 16.7. The van der Waals surface area contributed by atoms with Crippen LogP contribution >= 0.6 is 0 Å². The highest BCUT2D eigenvalue weighted by Crippen LogP contribution is 2.60. The molecular formula is C23H38O3. The van der Waals surface area contributed by atoms with Crippen molar-refractivity contribution in [2.45, 2.75) is 84.7 Å². The average Bonchev–Trinajstić information content (AvgIpc) is 2.55. The quantitative estimate of drug-likeness (QED) is 0.682. The third-order valence-corrected chi connectivity index (χ3v) is 8.36. The molecule has 0 radical (unpaired) electrons. The van der Waals surface area contributed by atoms with Crippen LogP contribution in [0, 0.1) is 41.4 Å². The van der Waals surface area contributed by atoms with Crippen molar-refractivity contribution < 1.29 is 14.6 Å². The van der Waals surface area contributed by atoms with Crippen LogP contribution in [-0.4, -0.2) is 29.2 Å². The van der Waals surface area contributed by atoms with Gasteiger partial charge in [0.05, 0.1) is 18.3 Å². The van der Waals surface area contributed by atoms with E-state index in [1.165, 1.54) is 18.4 Å². The Labute approximate surface area is 159 Å². The van der Waals surface area contributed by atoms with Gasteiger partial charge in [-0.15, -0.1) is 0 Å². The summed E-state index contributed by atoms with van der Waals surface area (Å²) in [4.78, 5) is 0. The molecule has 1 saturated heterocycles. The van der Waals surface area contributed by atoms with E-state index in [0.29, 0.717) is 35.5 Å². The molecule has 3 aliphatic carbocycles. The fourth-order valence-corrected chi connectivity index (χ4v) is 6.94. The maximum Gasteiger partial charge on any atom is 0.163 e. The minimum absolute atomic E-state index is 0.113. The van der Waals surface area contributed by atoms with Crippen LogP contribution < -0.4 is 0 Å². The number of fused-ring (bicyclic) bond motifs is 1. The third kappa shape index (κ3) is 2.72. The molecule has 1 N–H and O–H groups in total. The lowest BCUT2D eigenvalue weighted by atomic mass is 9.48. The number of aliphatic hydroxyl groups is 1. The first-order chi connectivity index (χ1) is 12.1. The van der Waals surface area contributed by atoms with Crippen LogP contribution in [0.25, 0.3) is 0 Å². The van der Waals surface area contributed by atoms with Gasteiger partial charge in [-0.2, -0.15) is 0 Å². The molecule has 0 aromatic heterocycles. The van der Waals surface area contributed by atoms with Gasteiger partial charge in [-0.05, 0) is 75.2 Å². The second kappa shape index (κ2) is 6.32. The van der Waals surface area contributed by atoms with Crippen molar-refractivity contribution in [2.24, 2.45) is 41.4 Å². The largest absolute Gasteiger partial charge is 0.385 e. The fraction of sp³-hybridized carbons (Fsp3) is 0.913. The summed E-state index contributed by atoms with van der Waals surface area (Å²) in [6.07, 6.45) is 7.10. The second-order valence-corrected chi connectivity index (χ2v) is 10.5. The van der Waals surface area contributed by atoms with Crippen molar-refractivity contribution in [1.82, 2.24) is 0 Å². The molecule has 4 aliphatic rings. The molecule has 1 heterocycles. The van der Waals surface area contributed by atoms with Gasteiger partial charge >= 0.3 is 0 Å². The third-order valence-electron chi connectivity index (χ3n) is 8.36. The average molecular weight is 363 g/mol. The minimum Gasteiger partial charge on any atom is -0.385 e. The fourth-order valence-electron chi connectivity index (χ4n) is 6.94. The minimum atomic E-state index is -0.707. The van der Waals surface area contributed by atoms with Gasteiger partial charge in [0.2, 0.25) is 0 Å². The summed E-state index contributed by atoms with van der Waals surface area (Å²) < 4.78 is 12.6. The Morgan fingerprint density at radius 1 is 1.23 bits per heavy atom. The summed E-state index contributed by atoms with van der Waals surface area (Å²) in [6.45, 7) is 14.1. The van der Waals surface area contributed by atoms with Gasteiger partial charge in [0.25, 0.3) is 0 Å². The van der Waals surface area contributed by atoms with Crippen LogP contribution in [0.1, 0.15) is 67.2 Å². The molecule has 3 fully saturated rings. The van der Waals surface area contributed by atoms with Gasteiger partial charge in [-0.25, -0.2) is 0 Å². The zero-order chi connectivity index (χ0) is 18.9. The van der Waals surface area contributed by atoms with Crippen LogP contribution in [0.2, 0.25) is 0 Å². The summed E-state index contributed by atoms with van der Waals surface area (Å²) in [6, 6.07) is 0. The van der Waals surface area contributed by atoms with E-state index in [9.17, 15) is 5.11 Å². The molecular weight excluding hydrogens is 324 g/mol. The van der Waals surface area contributed by atoms with Crippen molar-refractivity contribution in [3.05, 3.63) is 11.6 Å². The Kier molecular flexibility index (Phi) is 4.61. The number of rotatable bonds is 1. The van der Waals surface area contributed by atoms with E-state index < -0.39 is 11.4 Å². The molecule has 4 rings (SSSR count). The number of allylic oxidation sites excluding steroid dienone is 1. The Bertz CT molecular complexity index is 580. The normalized spacial score (nSPS) is 50.5. The Morgan fingerprint density at radius 3 is 2.65 bits per heavy atom. The summed E-state index contributed by atoms with van der Waals surface area (Å²) in [5, 5.41) is 12.3. The van der Waals surface area contributed by atoms with E-state index in [2.05, 4.69) is 33.8 Å². The van der Waals surface area contributed by atoms with Gasteiger partial charge in [0, 0.05) is 11.8 Å². The van der Waals surface area contributed by atoms with Gasteiger partial charge in [0.15, 0.2) is 5.79 Å². The first-order valence-electron chi connectivity index (χ1n) is 10.9. The molecule has 8 atom stereocenters. The predicted molar refractivity (Wildman–Crippen MR) is 104 cm³/mol. The molecule has 0 unspecified atom stereocenters. The zero-order valence-electron chi connectivity index (χ0n) is 17.5. The van der Waals surface area contributed by atoms with E-state index in [-0.39, 0.29) is 12.0 Å². The van der Waals surface area contributed by atoms with E-state index >= 15 is 0 Å². The molecule has 148 valence electrons. The Hall–Kier alpha value is -0.380. The van der Waals surface area contributed by atoms with Gasteiger partial charge < -0.3 is 14.6 Å². The molecule has 26 heavy (non-hydrogen) atoms. The standard InChI is InChI=1S/C23H38O3/c1-13(2)17-9-7-14(3)18-10-8-15(4)23(24)19(17)11-16-12-25-22(5,6)26-21(16)20(18)23/h8,13-14,16-21,24H,7,9-12H2,1-6H3/t14-,16+,17-,18+,19+,20+,21-,23+/m1/s1. The maximum absolute atomic E-state index is 12.3. The van der Waals surface area contributed by atoms with E-state index in [0.717, 1.165) is 19.4 Å². The highest BCUT2D eigenvalue weighted by Gasteiger charge is 2.63. The summed E-state index contributed by atoms with van der Waals surface area (Å²) in [5.74, 6) is 2.72. The molecule has 0 aromatic carbocycles. The van der Waals surface area contributed by atoms with Crippen molar-refractivity contribution in [2.75, 3.05) is 6.61 Å². The number of ether oxygens (including phenoxy) is 2. The molecule has 1 aliphatic heterocycles. The van der Waals surface area contributed by atoms with Crippen LogP contribution in [0.4, 0.5) is 0 Å². The van der Waals surface area contributed by atoms with Crippen LogP contribution in [0.5, 0.6) is 0 Å². The lowest BCUT2D eigenvalue weighted by molar-refractivity contribution is -0.338. The van der Waals surface area contributed by atoms with E-state index in [1.54, 1.807) is 0 Å². The second-order valence-electron chi connectivity index (χ2n) is 10.5. The molecule has 2 saturated carbocycles. The zero-order valence-corrected chi connectivity index (χ0v) is 17.5. The van der Waals surface area contributed by atoms with Crippen molar-refractivity contribution in [3.63, 3.8) is 0 Å². The SMILES string of the molecule is CC1=CC[C@@H]2[C@H]3[C@@H]4OC(C)(C)OC[C@@H]4C[C@@H]([C@@H](C(C)C)CC[C@H]2C)[C@@]13O. The Morgan fingerprint density at radius 2 is 1.96 bits per heavy atom. The van der Waals surface area contributed by atoms with Crippen molar-refractivity contribution in [1.29, 1.82) is 0 Å². The lowest BCUT2D eigenvalue weighted by Crippen LogP contribution is -2.67. The van der Waals surface area contributed by atoms with Gasteiger partial charge in [-0.3, -0.25) is 0 Å². The van der Waals surface area contributed by atoms with E-state index in [4.69, 9.17) is 9.47 Å². The molecule has 0 amide bonds. The lowest BCUT2D eigenvalue weighted by Gasteiger charge is -2.63. The number of hydrogen-bond donors (Lipinski definition) is 1. The highest BCUT2D eigenvalue weighted by molar-refractivity contribution is 5.28. The van der Waals surface area contributed by atoms with Crippen LogP contribution in [0.15, 0.2) is 11.6 Å². The molecule has 3 heteroatoms. The first kappa shape index (κ1) is 19.0. The van der Waals surface area contributed by atoms with Crippen molar-refractivity contribution in [3.8, 4) is 0 Å². The predicted octanol–water partition coefficient (Wildman–Crippen LogP) is 4.79. The van der Waals surface area contributed by atoms with Gasteiger partial charge in [0.1, 0.15) is 0 Å². The smallest absolute Gasteiger partial charge is 0.163 e. The molecule has 4 bridgehead atoms. The first-order valence-corrected chi connectivity index (χ1v) is 10.9. The van der Waals surface area contributed by atoms with Crippen LogP contribution in [0.3, 0.4) is 0 Å². The summed E-state index contributed by atoms with van der Waals surface area (Å²) in [5.41, 5.74) is 0.496. The summed E-state index contributed by atoms with van der Waals surface area (Å²) >= 11 is 0. The monoisotopic (exact) mass is 362 g/mol. The van der Waals surface area contributed by atoms with Gasteiger partial charge in [-0.1, -0.05) is 33.3 Å². The molecule has 3 nitrogen and oxygen atoms in total. The van der Waals surface area contributed by atoms with Crippen molar-refractivity contribution >= 4 is 0 Å². The molecule has 0 aromatic rings. The summed E-state index contributed by atoms with van der Waals surface area (Å²) in [7, 11) is 0. The molecule has 0 spiro atoms. The van der Waals surface area contributed by atoms with Crippen LogP contribution in [-0.2, 0) is 9.47 Å². The number of hydrogen-bond acceptors (Lipinski definition) is 3. The van der Waals surface area contributed by atoms with E-state index in [1.807, 2.05) is 13.8 Å². The maximum atomic E-state index is 12.3. The topological polar surface area (TPSA) is 38.7 Å².